The molecule has 0 saturated heterocycles. The number of H-pyrrole nitrogens is 2. The van der Waals surface area contributed by atoms with Gasteiger partial charge in [0, 0.05) is 24.9 Å². The van der Waals surface area contributed by atoms with E-state index >= 15 is 0 Å². The van der Waals surface area contributed by atoms with Crippen LogP contribution in [0.1, 0.15) is 17.7 Å². The van der Waals surface area contributed by atoms with E-state index in [1.807, 2.05) is 12.1 Å². The predicted octanol–water partition coefficient (Wildman–Crippen LogP) is 0.347. The lowest BCUT2D eigenvalue weighted by Crippen LogP contribution is -2.23. The fourth-order valence-electron chi connectivity index (χ4n) is 1.55. The molecule has 2 aromatic heterocycles. The van der Waals surface area contributed by atoms with Gasteiger partial charge in [0.05, 0.1) is 12.2 Å². The number of hydrogen-bond donors (Lipinski definition) is 3. The zero-order chi connectivity index (χ0) is 12.8. The zero-order valence-electron chi connectivity index (χ0n) is 9.77. The first-order valence-corrected chi connectivity index (χ1v) is 5.66. The molecule has 0 aliphatic rings. The summed E-state index contributed by atoms with van der Waals surface area (Å²) in [5, 5.41) is 7.82. The van der Waals surface area contributed by atoms with Crippen molar-refractivity contribution in [3.63, 3.8) is 0 Å². The number of rotatable bonds is 5. The molecule has 94 valence electrons. The summed E-state index contributed by atoms with van der Waals surface area (Å²) in [7, 11) is 0. The summed E-state index contributed by atoms with van der Waals surface area (Å²) in [5.41, 5.74) is 1.49. The molecule has 0 aliphatic heterocycles. The molecule has 1 amide bonds. The van der Waals surface area contributed by atoms with Crippen LogP contribution < -0.4 is 10.9 Å². The molecule has 18 heavy (non-hydrogen) atoms. The molecule has 0 spiro atoms. The summed E-state index contributed by atoms with van der Waals surface area (Å²) in [6.07, 6.45) is 4.51. The highest BCUT2D eigenvalue weighted by Crippen LogP contribution is 2.00. The second-order valence-electron chi connectivity index (χ2n) is 3.92. The number of amides is 1. The van der Waals surface area contributed by atoms with Crippen molar-refractivity contribution in [1.82, 2.24) is 20.5 Å². The summed E-state index contributed by atoms with van der Waals surface area (Å²) < 4.78 is 0. The molecule has 0 unspecified atom stereocenters. The number of aromatic amines is 2. The Labute approximate surface area is 103 Å². The topological polar surface area (TPSA) is 90.6 Å². The fourth-order valence-corrected chi connectivity index (χ4v) is 1.55. The quantitative estimate of drug-likeness (QED) is 0.710. The summed E-state index contributed by atoms with van der Waals surface area (Å²) in [4.78, 5) is 26.4. The van der Waals surface area contributed by atoms with Gasteiger partial charge in [0.15, 0.2) is 0 Å². The number of aromatic nitrogens is 3. The van der Waals surface area contributed by atoms with Crippen LogP contribution >= 0.6 is 0 Å². The summed E-state index contributed by atoms with van der Waals surface area (Å²) in [6, 6.07) is 5.20. The van der Waals surface area contributed by atoms with Gasteiger partial charge >= 0.3 is 0 Å². The van der Waals surface area contributed by atoms with Gasteiger partial charge in [-0.2, -0.15) is 0 Å². The van der Waals surface area contributed by atoms with Crippen LogP contribution in [0.2, 0.25) is 0 Å². The number of aryl methyl sites for hydroxylation is 1. The van der Waals surface area contributed by atoms with Crippen molar-refractivity contribution in [3.8, 4) is 0 Å². The predicted molar refractivity (Wildman–Crippen MR) is 65.8 cm³/mol. The minimum Gasteiger partial charge on any atom is -0.350 e. The SMILES string of the molecule is O=C(CCc1cccnc1)NCc1cc(=O)[nH][nH]1. The normalized spacial score (nSPS) is 10.2. The minimum atomic E-state index is -0.199. The Bertz CT molecular complexity index is 559. The van der Waals surface area contributed by atoms with Crippen LogP contribution in [0.15, 0.2) is 35.4 Å². The maximum atomic E-state index is 11.6. The number of nitrogens with one attached hydrogen (secondary N) is 3. The van der Waals surface area contributed by atoms with Crippen LogP contribution in [0, 0.1) is 0 Å². The molecular weight excluding hydrogens is 232 g/mol. The lowest BCUT2D eigenvalue weighted by atomic mass is 10.1. The van der Waals surface area contributed by atoms with Crippen molar-refractivity contribution in [2.24, 2.45) is 0 Å². The van der Waals surface area contributed by atoms with E-state index in [1.165, 1.54) is 6.07 Å². The molecule has 0 fully saturated rings. The Morgan fingerprint density at radius 2 is 2.28 bits per heavy atom. The van der Waals surface area contributed by atoms with Gasteiger partial charge in [-0.15, -0.1) is 0 Å². The number of carbonyl (C=O) groups excluding carboxylic acids is 1. The Morgan fingerprint density at radius 3 is 2.94 bits per heavy atom. The van der Waals surface area contributed by atoms with Crippen LogP contribution in [0.4, 0.5) is 0 Å². The van der Waals surface area contributed by atoms with Gasteiger partial charge in [0.25, 0.3) is 5.56 Å². The van der Waals surface area contributed by atoms with Gasteiger partial charge in [0.2, 0.25) is 5.91 Å². The van der Waals surface area contributed by atoms with E-state index in [0.29, 0.717) is 25.1 Å². The van der Waals surface area contributed by atoms with Crippen molar-refractivity contribution >= 4 is 5.91 Å². The Balaban J connectivity index is 1.74. The van der Waals surface area contributed by atoms with Gasteiger partial charge < -0.3 is 10.4 Å². The van der Waals surface area contributed by atoms with E-state index in [0.717, 1.165) is 5.56 Å². The van der Waals surface area contributed by atoms with Crippen molar-refractivity contribution < 1.29 is 4.79 Å². The van der Waals surface area contributed by atoms with Crippen molar-refractivity contribution in [1.29, 1.82) is 0 Å². The third-order valence-corrected chi connectivity index (χ3v) is 2.49. The first-order chi connectivity index (χ1) is 8.74. The Kier molecular flexibility index (Phi) is 3.90. The van der Waals surface area contributed by atoms with E-state index in [9.17, 15) is 9.59 Å². The van der Waals surface area contributed by atoms with Crippen LogP contribution in [-0.4, -0.2) is 21.1 Å². The highest BCUT2D eigenvalue weighted by Gasteiger charge is 2.03. The maximum absolute atomic E-state index is 11.6. The van der Waals surface area contributed by atoms with Crippen molar-refractivity contribution in [3.05, 3.63) is 52.2 Å². The monoisotopic (exact) mass is 246 g/mol. The third kappa shape index (κ3) is 3.58. The van der Waals surface area contributed by atoms with Gasteiger partial charge in [0.1, 0.15) is 0 Å². The molecule has 6 nitrogen and oxygen atoms in total. The van der Waals surface area contributed by atoms with Crippen LogP contribution in [0.3, 0.4) is 0 Å². The van der Waals surface area contributed by atoms with E-state index in [-0.39, 0.29) is 11.5 Å². The lowest BCUT2D eigenvalue weighted by Gasteiger charge is -2.03. The number of nitrogens with zero attached hydrogens (tertiary/aromatic N) is 1. The second kappa shape index (κ2) is 5.81. The highest BCUT2D eigenvalue weighted by molar-refractivity contribution is 5.76. The zero-order valence-corrected chi connectivity index (χ0v) is 9.77. The molecule has 6 heteroatoms. The number of carbonyl (C=O) groups is 1. The Morgan fingerprint density at radius 1 is 1.39 bits per heavy atom. The minimum absolute atomic E-state index is 0.0547. The molecule has 2 rings (SSSR count). The fraction of sp³-hybridized carbons (Fsp3) is 0.250. The molecule has 2 aromatic rings. The van der Waals surface area contributed by atoms with E-state index in [4.69, 9.17) is 0 Å². The summed E-state index contributed by atoms with van der Waals surface area (Å²) in [5.74, 6) is -0.0547. The smallest absolute Gasteiger partial charge is 0.264 e. The average Bonchev–Trinajstić information content (AvgIpc) is 2.81. The standard InChI is InChI=1S/C12H14N4O2/c17-11(4-3-9-2-1-5-13-7-9)14-8-10-6-12(18)16-15-10/h1-2,5-7H,3-4,8H2,(H,14,17)(H2,15,16,18). The largest absolute Gasteiger partial charge is 0.350 e. The number of pyridine rings is 1. The van der Waals surface area contributed by atoms with Crippen molar-refractivity contribution in [2.75, 3.05) is 0 Å². The van der Waals surface area contributed by atoms with Crippen LogP contribution in [-0.2, 0) is 17.8 Å². The lowest BCUT2D eigenvalue weighted by molar-refractivity contribution is -0.121. The van der Waals surface area contributed by atoms with Crippen LogP contribution in [0.25, 0.3) is 0 Å². The molecule has 0 radical (unpaired) electrons. The van der Waals surface area contributed by atoms with Gasteiger partial charge in [-0.25, -0.2) is 0 Å². The average molecular weight is 246 g/mol. The Hall–Kier alpha value is -2.37. The summed E-state index contributed by atoms with van der Waals surface area (Å²) >= 11 is 0. The molecule has 0 aliphatic carbocycles. The van der Waals surface area contributed by atoms with Gasteiger partial charge in [-0.1, -0.05) is 6.07 Å². The molecule has 0 saturated carbocycles. The molecule has 0 aromatic carbocycles. The molecule has 0 atom stereocenters. The van der Waals surface area contributed by atoms with Crippen molar-refractivity contribution in [2.45, 2.75) is 19.4 Å². The van der Waals surface area contributed by atoms with Gasteiger partial charge in [-0.3, -0.25) is 19.7 Å². The summed E-state index contributed by atoms with van der Waals surface area (Å²) in [6.45, 7) is 0.324. The van der Waals surface area contributed by atoms with E-state index < -0.39 is 0 Å². The van der Waals surface area contributed by atoms with Crippen LogP contribution in [0.5, 0.6) is 0 Å². The molecule has 2 heterocycles. The first-order valence-electron chi connectivity index (χ1n) is 5.66. The molecule has 3 N–H and O–H groups in total. The highest BCUT2D eigenvalue weighted by atomic mass is 16.1. The molecule has 0 bridgehead atoms. The first kappa shape index (κ1) is 12.1. The maximum Gasteiger partial charge on any atom is 0.264 e. The second-order valence-corrected chi connectivity index (χ2v) is 3.92. The number of hydrogen-bond acceptors (Lipinski definition) is 3. The third-order valence-electron chi connectivity index (χ3n) is 2.49. The van der Waals surface area contributed by atoms with E-state index in [2.05, 4.69) is 20.5 Å². The molecular formula is C12H14N4O2. The van der Waals surface area contributed by atoms with E-state index in [1.54, 1.807) is 12.4 Å². The van der Waals surface area contributed by atoms with Gasteiger partial charge in [-0.05, 0) is 18.1 Å².